The minimum absolute atomic E-state index is 0.201. The molecule has 0 saturated carbocycles. The van der Waals surface area contributed by atoms with Crippen LogP contribution in [0.3, 0.4) is 0 Å². The molecule has 4 nitrogen and oxygen atoms in total. The summed E-state index contributed by atoms with van der Waals surface area (Å²) in [4.78, 5) is 12.0. The van der Waals surface area contributed by atoms with E-state index in [0.717, 1.165) is 12.0 Å². The number of phenolic OH excluding ortho intramolecular Hbond substituents is 1. The van der Waals surface area contributed by atoms with Crippen molar-refractivity contribution in [1.29, 1.82) is 0 Å². The first kappa shape index (κ1) is 14.8. The number of aryl methyl sites for hydroxylation is 1. The van der Waals surface area contributed by atoms with Crippen molar-refractivity contribution in [2.75, 3.05) is 0 Å². The number of aromatic hydroxyl groups is 1. The lowest BCUT2D eigenvalue weighted by Crippen LogP contribution is -2.19. The fourth-order valence-corrected chi connectivity index (χ4v) is 1.86. The lowest BCUT2D eigenvalue weighted by atomic mass is 10.1. The first-order valence-electron chi connectivity index (χ1n) is 6.83. The molecule has 2 aromatic carbocycles. The van der Waals surface area contributed by atoms with Crippen LogP contribution in [-0.4, -0.2) is 16.7 Å². The average molecular weight is 282 g/mol. The number of hydrogen-bond donors (Lipinski definition) is 2. The van der Waals surface area contributed by atoms with Gasteiger partial charge in [-0.15, -0.1) is 0 Å². The fourth-order valence-electron chi connectivity index (χ4n) is 1.86. The molecule has 0 spiro atoms. The summed E-state index contributed by atoms with van der Waals surface area (Å²) in [7, 11) is 0. The van der Waals surface area contributed by atoms with Crippen molar-refractivity contribution in [1.82, 2.24) is 5.43 Å². The molecule has 0 atom stereocenters. The molecule has 2 aromatic rings. The van der Waals surface area contributed by atoms with Gasteiger partial charge in [0.15, 0.2) is 0 Å². The Bertz CT molecular complexity index is 643. The van der Waals surface area contributed by atoms with Crippen LogP contribution in [0.4, 0.5) is 0 Å². The van der Waals surface area contributed by atoms with Gasteiger partial charge in [0, 0.05) is 5.56 Å². The van der Waals surface area contributed by atoms with Gasteiger partial charge in [-0.1, -0.05) is 19.1 Å². The molecule has 0 aromatic heterocycles. The standard InChI is InChI=1S/C17H18N2O2/c1-3-13-4-6-15(7-5-13)17(21)19-18-12(2)14-8-10-16(20)11-9-14/h4-11,20H,3H2,1-2H3,(H,19,21)/b18-12+. The van der Waals surface area contributed by atoms with Crippen LogP contribution in [0.15, 0.2) is 53.6 Å². The largest absolute Gasteiger partial charge is 0.508 e. The minimum Gasteiger partial charge on any atom is -0.508 e. The van der Waals surface area contributed by atoms with Crippen LogP contribution in [0.2, 0.25) is 0 Å². The van der Waals surface area contributed by atoms with Crippen LogP contribution in [0.1, 0.15) is 35.3 Å². The normalized spacial score (nSPS) is 11.2. The van der Waals surface area contributed by atoms with Crippen molar-refractivity contribution in [3.8, 4) is 5.75 Å². The third-order valence-corrected chi connectivity index (χ3v) is 3.23. The Morgan fingerprint density at radius 2 is 1.62 bits per heavy atom. The molecule has 2 rings (SSSR count). The summed E-state index contributed by atoms with van der Waals surface area (Å²) in [6.07, 6.45) is 0.944. The molecule has 0 saturated heterocycles. The van der Waals surface area contributed by atoms with Gasteiger partial charge < -0.3 is 5.11 Å². The molecule has 0 bridgehead atoms. The molecule has 0 unspecified atom stereocenters. The SMILES string of the molecule is CCc1ccc(C(=O)N/N=C(\C)c2ccc(O)cc2)cc1. The topological polar surface area (TPSA) is 61.7 Å². The summed E-state index contributed by atoms with van der Waals surface area (Å²) in [6.45, 7) is 3.87. The number of carbonyl (C=O) groups excluding carboxylic acids is 1. The van der Waals surface area contributed by atoms with Gasteiger partial charge in [-0.25, -0.2) is 5.43 Å². The van der Waals surface area contributed by atoms with E-state index in [1.54, 1.807) is 43.3 Å². The highest BCUT2D eigenvalue weighted by atomic mass is 16.3. The van der Waals surface area contributed by atoms with E-state index in [4.69, 9.17) is 0 Å². The molecule has 0 aliphatic heterocycles. The van der Waals surface area contributed by atoms with Crippen LogP contribution >= 0.6 is 0 Å². The van der Waals surface area contributed by atoms with Gasteiger partial charge in [-0.2, -0.15) is 5.10 Å². The van der Waals surface area contributed by atoms with Crippen molar-refractivity contribution < 1.29 is 9.90 Å². The van der Waals surface area contributed by atoms with Gasteiger partial charge in [0.05, 0.1) is 5.71 Å². The van der Waals surface area contributed by atoms with E-state index < -0.39 is 0 Å². The summed E-state index contributed by atoms with van der Waals surface area (Å²) >= 11 is 0. The van der Waals surface area contributed by atoms with Crippen molar-refractivity contribution in [3.63, 3.8) is 0 Å². The number of hydrazone groups is 1. The predicted octanol–water partition coefficient (Wildman–Crippen LogP) is 3.11. The molecular weight excluding hydrogens is 264 g/mol. The Hall–Kier alpha value is -2.62. The highest BCUT2D eigenvalue weighted by Gasteiger charge is 2.04. The Kier molecular flexibility index (Phi) is 4.72. The van der Waals surface area contributed by atoms with Crippen LogP contribution in [0.5, 0.6) is 5.75 Å². The van der Waals surface area contributed by atoms with Crippen LogP contribution < -0.4 is 5.43 Å². The highest BCUT2D eigenvalue weighted by Crippen LogP contribution is 2.10. The van der Waals surface area contributed by atoms with Crippen molar-refractivity contribution in [2.24, 2.45) is 5.10 Å². The molecule has 0 fully saturated rings. The van der Waals surface area contributed by atoms with Crippen molar-refractivity contribution in [3.05, 3.63) is 65.2 Å². The molecule has 2 N–H and O–H groups in total. The minimum atomic E-state index is -0.240. The van der Waals surface area contributed by atoms with E-state index in [1.165, 1.54) is 5.56 Å². The van der Waals surface area contributed by atoms with E-state index in [0.29, 0.717) is 11.3 Å². The van der Waals surface area contributed by atoms with Crippen LogP contribution in [0, 0.1) is 0 Å². The average Bonchev–Trinajstić information content (AvgIpc) is 2.53. The fraction of sp³-hybridized carbons (Fsp3) is 0.176. The van der Waals surface area contributed by atoms with E-state index in [2.05, 4.69) is 17.5 Å². The summed E-state index contributed by atoms with van der Waals surface area (Å²) in [5.74, 6) is -0.0395. The number of hydrogen-bond acceptors (Lipinski definition) is 3. The maximum atomic E-state index is 12.0. The van der Waals surface area contributed by atoms with Gasteiger partial charge in [0.2, 0.25) is 0 Å². The zero-order valence-electron chi connectivity index (χ0n) is 12.1. The lowest BCUT2D eigenvalue weighted by Gasteiger charge is -2.04. The predicted molar refractivity (Wildman–Crippen MR) is 83.6 cm³/mol. The number of phenols is 1. The van der Waals surface area contributed by atoms with E-state index in [1.807, 2.05) is 12.1 Å². The van der Waals surface area contributed by atoms with E-state index >= 15 is 0 Å². The summed E-state index contributed by atoms with van der Waals surface area (Å²) in [6, 6.07) is 14.1. The third-order valence-electron chi connectivity index (χ3n) is 3.23. The Morgan fingerprint density at radius 1 is 1.05 bits per heavy atom. The number of nitrogens with zero attached hydrogens (tertiary/aromatic N) is 1. The van der Waals surface area contributed by atoms with E-state index in [-0.39, 0.29) is 11.7 Å². The maximum Gasteiger partial charge on any atom is 0.271 e. The monoisotopic (exact) mass is 282 g/mol. The summed E-state index contributed by atoms with van der Waals surface area (Å²) in [5.41, 5.74) is 5.82. The van der Waals surface area contributed by atoms with Crippen molar-refractivity contribution >= 4 is 11.6 Å². The molecule has 0 radical (unpaired) electrons. The number of benzene rings is 2. The molecule has 4 heteroatoms. The first-order valence-corrected chi connectivity index (χ1v) is 6.83. The Morgan fingerprint density at radius 3 is 2.19 bits per heavy atom. The first-order chi connectivity index (χ1) is 10.1. The van der Waals surface area contributed by atoms with Gasteiger partial charge >= 0.3 is 0 Å². The Balaban J connectivity index is 2.04. The van der Waals surface area contributed by atoms with Crippen molar-refractivity contribution in [2.45, 2.75) is 20.3 Å². The molecule has 1 amide bonds. The quantitative estimate of drug-likeness (QED) is 0.668. The second-order valence-corrected chi connectivity index (χ2v) is 4.74. The second kappa shape index (κ2) is 6.70. The highest BCUT2D eigenvalue weighted by molar-refractivity contribution is 6.00. The van der Waals surface area contributed by atoms with Crippen LogP contribution in [0.25, 0.3) is 0 Å². The maximum absolute atomic E-state index is 12.0. The van der Waals surface area contributed by atoms with Gasteiger partial charge in [-0.3, -0.25) is 4.79 Å². The number of amides is 1. The molecular formula is C17H18N2O2. The van der Waals surface area contributed by atoms with Gasteiger partial charge in [-0.05, 0) is 60.9 Å². The third kappa shape index (κ3) is 3.92. The Labute approximate surface area is 124 Å². The second-order valence-electron chi connectivity index (χ2n) is 4.74. The van der Waals surface area contributed by atoms with Gasteiger partial charge in [0.1, 0.15) is 5.75 Å². The number of nitrogens with one attached hydrogen (secondary N) is 1. The zero-order chi connectivity index (χ0) is 15.2. The molecule has 0 heterocycles. The lowest BCUT2D eigenvalue weighted by molar-refractivity contribution is 0.0955. The molecule has 0 aliphatic rings. The molecule has 21 heavy (non-hydrogen) atoms. The van der Waals surface area contributed by atoms with Crippen LogP contribution in [-0.2, 0) is 6.42 Å². The summed E-state index contributed by atoms with van der Waals surface area (Å²) in [5, 5.41) is 13.3. The number of rotatable bonds is 4. The number of carbonyl (C=O) groups is 1. The van der Waals surface area contributed by atoms with E-state index in [9.17, 15) is 9.90 Å². The smallest absolute Gasteiger partial charge is 0.271 e. The summed E-state index contributed by atoms with van der Waals surface area (Å²) < 4.78 is 0. The molecule has 108 valence electrons. The van der Waals surface area contributed by atoms with Gasteiger partial charge in [0.25, 0.3) is 5.91 Å². The zero-order valence-corrected chi connectivity index (χ0v) is 12.1. The molecule has 0 aliphatic carbocycles.